The van der Waals surface area contributed by atoms with E-state index in [9.17, 15) is 0 Å². The molecule has 0 saturated carbocycles. The van der Waals surface area contributed by atoms with Gasteiger partial charge in [-0.15, -0.1) is 21.5 Å². The van der Waals surface area contributed by atoms with E-state index in [4.69, 9.17) is 0 Å². The average Bonchev–Trinajstić information content (AvgIpc) is 3.16. The fourth-order valence-corrected chi connectivity index (χ4v) is 4.30. The average molecular weight is 339 g/mol. The lowest BCUT2D eigenvalue weighted by Crippen LogP contribution is -2.01. The van der Waals surface area contributed by atoms with Crippen LogP contribution >= 0.6 is 23.1 Å². The summed E-state index contributed by atoms with van der Waals surface area (Å²) < 4.78 is 3.15. The smallest absolute Gasteiger partial charge is 0.202 e. The molecule has 0 radical (unpaired) electrons. The minimum absolute atomic E-state index is 0.810. The van der Waals surface area contributed by atoms with Gasteiger partial charge < -0.3 is 0 Å². The highest BCUT2D eigenvalue weighted by Crippen LogP contribution is 2.34. The normalized spacial score (nSPS) is 11.2. The van der Waals surface area contributed by atoms with Crippen molar-refractivity contribution in [1.29, 1.82) is 0 Å². The summed E-state index contributed by atoms with van der Waals surface area (Å²) in [6.07, 6.45) is 1.60. The Kier molecular flexibility index (Phi) is 3.59. The van der Waals surface area contributed by atoms with Crippen LogP contribution in [-0.4, -0.2) is 24.7 Å². The molecule has 0 N–H and O–H groups in total. The van der Waals surface area contributed by atoms with Gasteiger partial charge in [-0.2, -0.15) is 0 Å². The van der Waals surface area contributed by atoms with Gasteiger partial charge in [0.15, 0.2) is 0 Å². The predicted molar refractivity (Wildman–Crippen MR) is 92.4 cm³/mol. The fourth-order valence-electron chi connectivity index (χ4n) is 2.43. The van der Waals surface area contributed by atoms with E-state index in [1.54, 1.807) is 17.7 Å². The quantitative estimate of drug-likeness (QED) is 0.527. The van der Waals surface area contributed by atoms with Crippen molar-refractivity contribution in [1.82, 2.24) is 24.7 Å². The lowest BCUT2D eigenvalue weighted by Gasteiger charge is -2.10. The van der Waals surface area contributed by atoms with E-state index in [1.807, 2.05) is 30.5 Å². The Morgan fingerprint density at radius 1 is 1.04 bits per heavy atom. The van der Waals surface area contributed by atoms with Crippen LogP contribution in [0.3, 0.4) is 0 Å². The van der Waals surface area contributed by atoms with Gasteiger partial charge in [0.05, 0.1) is 15.9 Å². The third-order valence-electron chi connectivity index (χ3n) is 3.55. The molecule has 23 heavy (non-hydrogen) atoms. The molecule has 0 aliphatic rings. The van der Waals surface area contributed by atoms with Gasteiger partial charge in [0.25, 0.3) is 0 Å². The minimum Gasteiger partial charge on any atom is -0.274 e. The lowest BCUT2D eigenvalue weighted by atomic mass is 10.2. The second-order valence-corrected chi connectivity index (χ2v) is 6.94. The van der Waals surface area contributed by atoms with Crippen molar-refractivity contribution in [3.63, 3.8) is 0 Å². The van der Waals surface area contributed by atoms with Crippen molar-refractivity contribution in [2.45, 2.75) is 24.0 Å². The number of benzene rings is 1. The van der Waals surface area contributed by atoms with Crippen LogP contribution in [0.1, 0.15) is 11.4 Å². The summed E-state index contributed by atoms with van der Waals surface area (Å²) in [7, 11) is 0. The molecule has 7 heteroatoms. The van der Waals surface area contributed by atoms with Crippen LogP contribution < -0.4 is 0 Å². The molecule has 0 atom stereocenters. The van der Waals surface area contributed by atoms with Gasteiger partial charge in [0.1, 0.15) is 17.2 Å². The SMILES string of the molecule is Cc1ccccc1-n1c(C)nnc1Sc1ncnc2ccsc12. The molecular formula is C16H13N5S2. The summed E-state index contributed by atoms with van der Waals surface area (Å²) in [4.78, 5) is 8.71. The number of fused-ring (bicyclic) bond motifs is 1. The molecule has 0 aliphatic carbocycles. The summed E-state index contributed by atoms with van der Waals surface area (Å²) >= 11 is 3.16. The van der Waals surface area contributed by atoms with E-state index in [0.29, 0.717) is 0 Å². The zero-order chi connectivity index (χ0) is 15.8. The van der Waals surface area contributed by atoms with Crippen LogP contribution in [0.15, 0.2) is 52.2 Å². The third-order valence-corrected chi connectivity index (χ3v) is 5.54. The monoisotopic (exact) mass is 339 g/mol. The molecule has 4 rings (SSSR count). The van der Waals surface area contributed by atoms with E-state index >= 15 is 0 Å². The van der Waals surface area contributed by atoms with Crippen molar-refractivity contribution >= 4 is 33.3 Å². The number of thiophene rings is 1. The number of rotatable bonds is 3. The highest BCUT2D eigenvalue weighted by atomic mass is 32.2. The van der Waals surface area contributed by atoms with Gasteiger partial charge >= 0.3 is 0 Å². The molecule has 0 amide bonds. The third kappa shape index (κ3) is 2.51. The molecule has 114 valence electrons. The molecule has 0 unspecified atom stereocenters. The number of hydrogen-bond acceptors (Lipinski definition) is 6. The van der Waals surface area contributed by atoms with Crippen LogP contribution in [-0.2, 0) is 0 Å². The number of hydrogen-bond donors (Lipinski definition) is 0. The van der Waals surface area contributed by atoms with Gasteiger partial charge in [-0.05, 0) is 48.7 Å². The van der Waals surface area contributed by atoms with Crippen molar-refractivity contribution in [2.75, 3.05) is 0 Å². The maximum absolute atomic E-state index is 4.42. The molecule has 4 aromatic rings. The minimum atomic E-state index is 0.810. The van der Waals surface area contributed by atoms with Crippen molar-refractivity contribution < 1.29 is 0 Å². The largest absolute Gasteiger partial charge is 0.274 e. The summed E-state index contributed by atoms with van der Waals surface area (Å²) in [5, 5.41) is 12.3. The molecular weight excluding hydrogens is 326 g/mol. The van der Waals surface area contributed by atoms with Crippen LogP contribution in [0.25, 0.3) is 15.9 Å². The first-order valence-electron chi connectivity index (χ1n) is 7.08. The highest BCUT2D eigenvalue weighted by Gasteiger charge is 2.16. The molecule has 5 nitrogen and oxygen atoms in total. The van der Waals surface area contributed by atoms with E-state index < -0.39 is 0 Å². The van der Waals surface area contributed by atoms with Gasteiger partial charge in [-0.1, -0.05) is 18.2 Å². The Hall–Kier alpha value is -2.25. The first-order chi connectivity index (χ1) is 11.2. The Morgan fingerprint density at radius 3 is 2.78 bits per heavy atom. The van der Waals surface area contributed by atoms with Crippen molar-refractivity contribution in [3.05, 3.63) is 53.4 Å². The van der Waals surface area contributed by atoms with Crippen molar-refractivity contribution in [3.8, 4) is 5.69 Å². The van der Waals surface area contributed by atoms with Gasteiger partial charge in [0.2, 0.25) is 5.16 Å². The first kappa shape index (κ1) is 14.3. The molecule has 0 bridgehead atoms. The summed E-state index contributed by atoms with van der Waals surface area (Å²) in [5.41, 5.74) is 3.24. The molecule has 3 heterocycles. The van der Waals surface area contributed by atoms with E-state index in [0.717, 1.165) is 31.9 Å². The number of aryl methyl sites for hydroxylation is 2. The lowest BCUT2D eigenvalue weighted by molar-refractivity contribution is 0.860. The second-order valence-electron chi connectivity index (χ2n) is 5.07. The number of para-hydroxylation sites is 1. The van der Waals surface area contributed by atoms with Gasteiger partial charge in [0, 0.05) is 0 Å². The van der Waals surface area contributed by atoms with Gasteiger partial charge in [-0.25, -0.2) is 9.97 Å². The topological polar surface area (TPSA) is 56.5 Å². The molecule has 1 aromatic carbocycles. The van der Waals surface area contributed by atoms with E-state index in [-0.39, 0.29) is 0 Å². The van der Waals surface area contributed by atoms with Crippen LogP contribution in [0.2, 0.25) is 0 Å². The van der Waals surface area contributed by atoms with Crippen molar-refractivity contribution in [2.24, 2.45) is 0 Å². The zero-order valence-corrected chi connectivity index (χ0v) is 14.2. The van der Waals surface area contributed by atoms with E-state index in [2.05, 4.69) is 43.8 Å². The zero-order valence-electron chi connectivity index (χ0n) is 12.6. The molecule has 3 aromatic heterocycles. The molecule has 0 fully saturated rings. The second kappa shape index (κ2) is 5.75. The Bertz CT molecular complexity index is 989. The Labute approximate surface area is 141 Å². The molecule has 0 aliphatic heterocycles. The summed E-state index contributed by atoms with van der Waals surface area (Å²) in [5.74, 6) is 0.860. The van der Waals surface area contributed by atoms with E-state index in [1.165, 1.54) is 17.3 Å². The maximum atomic E-state index is 4.42. The van der Waals surface area contributed by atoms with Crippen LogP contribution in [0.4, 0.5) is 0 Å². The Balaban J connectivity index is 1.82. The number of nitrogens with zero attached hydrogens (tertiary/aromatic N) is 5. The first-order valence-corrected chi connectivity index (χ1v) is 8.78. The standard InChI is InChI=1S/C16H13N5S2/c1-10-5-3-4-6-13(10)21-11(2)19-20-16(21)23-15-14-12(7-8-22-14)17-9-18-15/h3-9H,1-2H3. The predicted octanol–water partition coefficient (Wildman–Crippen LogP) is 4.04. The highest BCUT2D eigenvalue weighted by molar-refractivity contribution is 7.99. The molecule has 0 spiro atoms. The molecule has 0 saturated heterocycles. The summed E-state index contributed by atoms with van der Waals surface area (Å²) in [6, 6.07) is 10.2. The van der Waals surface area contributed by atoms with Crippen LogP contribution in [0.5, 0.6) is 0 Å². The van der Waals surface area contributed by atoms with Crippen LogP contribution in [0, 0.1) is 13.8 Å². The van der Waals surface area contributed by atoms with Gasteiger partial charge in [-0.3, -0.25) is 4.57 Å². The maximum Gasteiger partial charge on any atom is 0.202 e. The number of aromatic nitrogens is 5. The fraction of sp³-hybridized carbons (Fsp3) is 0.125. The Morgan fingerprint density at radius 2 is 1.91 bits per heavy atom. The summed E-state index contributed by atoms with van der Waals surface area (Å²) in [6.45, 7) is 4.05.